The molecule has 2 N–H and O–H groups in total. The monoisotopic (exact) mass is 392 g/mol. The van der Waals surface area contributed by atoms with E-state index in [-0.39, 0.29) is 18.2 Å². The summed E-state index contributed by atoms with van der Waals surface area (Å²) in [6.07, 6.45) is 1.68. The molecule has 1 saturated heterocycles. The lowest BCUT2D eigenvalue weighted by Gasteiger charge is -2.16. The van der Waals surface area contributed by atoms with Gasteiger partial charge in [-0.25, -0.2) is 10.3 Å². The van der Waals surface area contributed by atoms with Crippen LogP contribution < -0.4 is 20.5 Å². The van der Waals surface area contributed by atoms with Gasteiger partial charge in [0.2, 0.25) is 5.91 Å². The van der Waals surface area contributed by atoms with Crippen molar-refractivity contribution in [2.45, 2.75) is 12.5 Å². The van der Waals surface area contributed by atoms with Crippen molar-refractivity contribution in [3.05, 3.63) is 60.3 Å². The first kappa shape index (κ1) is 18.7. The van der Waals surface area contributed by atoms with Crippen molar-refractivity contribution >= 4 is 34.3 Å². The summed E-state index contributed by atoms with van der Waals surface area (Å²) in [6, 6.07) is 13.4. The van der Waals surface area contributed by atoms with Gasteiger partial charge in [-0.2, -0.15) is 0 Å². The number of nitrogens with one attached hydrogen (secondary N) is 2. The highest BCUT2D eigenvalue weighted by Crippen LogP contribution is 2.26. The molecule has 1 aliphatic rings. The first-order valence-corrected chi connectivity index (χ1v) is 9.10. The summed E-state index contributed by atoms with van der Waals surface area (Å²) >= 11 is 0. The molecule has 1 aliphatic heterocycles. The molecule has 1 aromatic heterocycles. The van der Waals surface area contributed by atoms with Gasteiger partial charge < -0.3 is 9.30 Å². The topological polar surface area (TPSA) is 92.7 Å². The lowest BCUT2D eigenvalue weighted by atomic mass is 10.2. The lowest BCUT2D eigenvalue weighted by Crippen LogP contribution is -2.48. The van der Waals surface area contributed by atoms with Crippen molar-refractivity contribution in [1.82, 2.24) is 15.4 Å². The Kier molecular flexibility index (Phi) is 4.77. The predicted octanol–water partition coefficient (Wildman–Crippen LogP) is 1.75. The highest BCUT2D eigenvalue weighted by Gasteiger charge is 2.40. The number of carbonyl (C=O) groups excluding carboxylic acids is 3. The number of methoxy groups -OCH3 is 1. The highest BCUT2D eigenvalue weighted by atomic mass is 16.5. The Hall–Kier alpha value is -3.65. The molecule has 4 rings (SSSR count). The Labute approximate surface area is 167 Å². The van der Waals surface area contributed by atoms with Crippen LogP contribution in [0.25, 0.3) is 10.9 Å². The molecule has 2 aromatic carbocycles. The summed E-state index contributed by atoms with van der Waals surface area (Å²) < 4.78 is 7.01. The zero-order valence-corrected chi connectivity index (χ0v) is 16.0. The number of hydrogen-bond donors (Lipinski definition) is 2. The number of aryl methyl sites for hydroxylation is 1. The maximum Gasteiger partial charge on any atom is 0.267 e. The number of amides is 3. The minimum atomic E-state index is -0.840. The summed E-state index contributed by atoms with van der Waals surface area (Å²) in [4.78, 5) is 38.9. The second-order valence-corrected chi connectivity index (χ2v) is 6.79. The maximum absolute atomic E-state index is 12.7. The number of carbonyl (C=O) groups is 3. The molecule has 8 heteroatoms. The Balaban J connectivity index is 1.48. The van der Waals surface area contributed by atoms with Crippen LogP contribution in [0, 0.1) is 0 Å². The van der Waals surface area contributed by atoms with Crippen molar-refractivity contribution in [2.24, 2.45) is 7.05 Å². The van der Waals surface area contributed by atoms with E-state index in [2.05, 4.69) is 10.9 Å². The molecule has 0 saturated carbocycles. The van der Waals surface area contributed by atoms with E-state index in [0.29, 0.717) is 17.0 Å². The SMILES string of the molecule is COc1cccc(N2C(=O)C[C@@H](NNC(=O)c3cn(C)c4ccccc34)C2=O)c1. The molecule has 0 aliphatic carbocycles. The average Bonchev–Trinajstić information content (AvgIpc) is 3.22. The van der Waals surface area contributed by atoms with Crippen LogP contribution in [-0.4, -0.2) is 35.4 Å². The van der Waals surface area contributed by atoms with Gasteiger partial charge in [0.25, 0.3) is 11.8 Å². The normalized spacial score (nSPS) is 16.5. The van der Waals surface area contributed by atoms with Crippen LogP contribution >= 0.6 is 0 Å². The number of rotatable bonds is 5. The van der Waals surface area contributed by atoms with Crippen LogP contribution in [0.3, 0.4) is 0 Å². The average molecular weight is 392 g/mol. The van der Waals surface area contributed by atoms with Gasteiger partial charge in [-0.15, -0.1) is 0 Å². The van der Waals surface area contributed by atoms with Gasteiger partial charge in [0, 0.05) is 30.2 Å². The van der Waals surface area contributed by atoms with Gasteiger partial charge >= 0.3 is 0 Å². The first-order valence-electron chi connectivity index (χ1n) is 9.10. The second kappa shape index (κ2) is 7.40. The predicted molar refractivity (Wildman–Crippen MR) is 107 cm³/mol. The number of imide groups is 1. The second-order valence-electron chi connectivity index (χ2n) is 6.79. The van der Waals surface area contributed by atoms with Gasteiger partial charge in [-0.3, -0.25) is 19.8 Å². The van der Waals surface area contributed by atoms with Crippen molar-refractivity contribution in [3.63, 3.8) is 0 Å². The number of hydrogen-bond acceptors (Lipinski definition) is 5. The van der Waals surface area contributed by atoms with Gasteiger partial charge in [0.05, 0.1) is 24.8 Å². The maximum atomic E-state index is 12.7. The number of aromatic nitrogens is 1. The van der Waals surface area contributed by atoms with Crippen molar-refractivity contribution in [3.8, 4) is 5.75 Å². The van der Waals surface area contributed by atoms with Crippen LogP contribution in [0.4, 0.5) is 5.69 Å². The van der Waals surface area contributed by atoms with E-state index in [1.165, 1.54) is 7.11 Å². The van der Waals surface area contributed by atoms with Crippen LogP contribution in [-0.2, 0) is 16.6 Å². The minimum Gasteiger partial charge on any atom is -0.497 e. The fourth-order valence-electron chi connectivity index (χ4n) is 3.51. The van der Waals surface area contributed by atoms with E-state index in [0.717, 1.165) is 15.8 Å². The van der Waals surface area contributed by atoms with E-state index in [9.17, 15) is 14.4 Å². The van der Waals surface area contributed by atoms with Crippen LogP contribution in [0.5, 0.6) is 5.75 Å². The molecule has 0 spiro atoms. The largest absolute Gasteiger partial charge is 0.497 e. The summed E-state index contributed by atoms with van der Waals surface area (Å²) in [7, 11) is 3.37. The zero-order chi connectivity index (χ0) is 20.5. The van der Waals surface area contributed by atoms with E-state index >= 15 is 0 Å². The molecule has 0 bridgehead atoms. The molecule has 8 nitrogen and oxygen atoms in total. The number of ether oxygens (including phenoxy) is 1. The van der Waals surface area contributed by atoms with Crippen molar-refractivity contribution < 1.29 is 19.1 Å². The smallest absolute Gasteiger partial charge is 0.267 e. The molecule has 29 heavy (non-hydrogen) atoms. The van der Waals surface area contributed by atoms with E-state index in [1.54, 1.807) is 30.5 Å². The Morgan fingerprint density at radius 3 is 2.72 bits per heavy atom. The Morgan fingerprint density at radius 2 is 1.93 bits per heavy atom. The Bertz CT molecular complexity index is 1120. The number of para-hydroxylation sites is 1. The van der Waals surface area contributed by atoms with Crippen molar-refractivity contribution in [2.75, 3.05) is 12.0 Å². The first-order chi connectivity index (χ1) is 14.0. The number of hydrazine groups is 1. The number of nitrogens with zero attached hydrogens (tertiary/aromatic N) is 2. The van der Waals surface area contributed by atoms with Crippen LogP contribution in [0.1, 0.15) is 16.8 Å². The third-order valence-corrected chi connectivity index (χ3v) is 4.96. The third kappa shape index (κ3) is 3.34. The standard InChI is InChI=1S/C21H20N4O4/c1-24-12-16(15-8-3-4-9-18(15)24)20(27)23-22-17-11-19(26)25(21(17)28)13-6-5-7-14(10-13)29-2/h3-10,12,17,22H,11H2,1-2H3,(H,23,27)/t17-/m1/s1. The zero-order valence-electron chi connectivity index (χ0n) is 16.0. The third-order valence-electron chi connectivity index (χ3n) is 4.96. The molecule has 1 atom stereocenters. The molecular formula is C21H20N4O4. The molecule has 0 unspecified atom stereocenters. The van der Waals surface area contributed by atoms with Crippen LogP contribution in [0.15, 0.2) is 54.7 Å². The van der Waals surface area contributed by atoms with E-state index in [1.807, 2.05) is 35.9 Å². The number of fused-ring (bicyclic) bond motifs is 1. The molecule has 2 heterocycles. The van der Waals surface area contributed by atoms with E-state index in [4.69, 9.17) is 4.74 Å². The van der Waals surface area contributed by atoms with Gasteiger partial charge in [0.15, 0.2) is 0 Å². The summed E-state index contributed by atoms with van der Waals surface area (Å²) in [5.41, 5.74) is 7.12. The molecule has 3 aromatic rings. The van der Waals surface area contributed by atoms with Gasteiger partial charge in [-0.05, 0) is 18.2 Å². The molecule has 148 valence electrons. The molecule has 1 fully saturated rings. The Morgan fingerprint density at radius 1 is 1.14 bits per heavy atom. The molecule has 0 radical (unpaired) electrons. The summed E-state index contributed by atoms with van der Waals surface area (Å²) in [5, 5.41) is 0.807. The van der Waals surface area contributed by atoms with Crippen LogP contribution in [0.2, 0.25) is 0 Å². The van der Waals surface area contributed by atoms with E-state index < -0.39 is 11.9 Å². The summed E-state index contributed by atoms with van der Waals surface area (Å²) in [5.74, 6) is -0.604. The number of benzene rings is 2. The summed E-state index contributed by atoms with van der Waals surface area (Å²) in [6.45, 7) is 0. The van der Waals surface area contributed by atoms with Crippen molar-refractivity contribution in [1.29, 1.82) is 0 Å². The fraction of sp³-hybridized carbons (Fsp3) is 0.190. The minimum absolute atomic E-state index is 0.0497. The van der Waals surface area contributed by atoms with Gasteiger partial charge in [0.1, 0.15) is 11.8 Å². The highest BCUT2D eigenvalue weighted by molar-refractivity contribution is 6.22. The fourth-order valence-corrected chi connectivity index (χ4v) is 3.51. The van der Waals surface area contributed by atoms with Gasteiger partial charge in [-0.1, -0.05) is 24.3 Å². The lowest BCUT2D eigenvalue weighted by molar-refractivity contribution is -0.121. The molecular weight excluding hydrogens is 372 g/mol. The molecule has 3 amide bonds. The number of anilines is 1. The quantitative estimate of drug-likeness (QED) is 0.510.